The van der Waals surface area contributed by atoms with Crippen LogP contribution >= 0.6 is 0 Å². The first-order valence-corrected chi connectivity index (χ1v) is 5.68. The molecule has 17 heavy (non-hydrogen) atoms. The molecule has 0 radical (unpaired) electrons. The smallest absolute Gasteiger partial charge is 0.316 e. The fourth-order valence-electron chi connectivity index (χ4n) is 1.19. The number of rotatable bonds is 7. The lowest BCUT2D eigenvalue weighted by atomic mass is 10.3. The third-order valence-electron chi connectivity index (χ3n) is 2.08. The molecule has 7 nitrogen and oxygen atoms in total. The van der Waals surface area contributed by atoms with Crippen LogP contribution in [0.2, 0.25) is 0 Å². The lowest BCUT2D eigenvalue weighted by Crippen LogP contribution is -2.37. The van der Waals surface area contributed by atoms with Crippen LogP contribution in [0.4, 0.5) is 6.01 Å². The Kier molecular flexibility index (Phi) is 5.41. The average molecular weight is 241 g/mol. The molecule has 0 spiro atoms. The first kappa shape index (κ1) is 13.4. The largest absolute Gasteiger partial charge is 0.407 e. The maximum atomic E-state index is 11.6. The minimum absolute atomic E-state index is 0.0831. The van der Waals surface area contributed by atoms with E-state index in [1.54, 1.807) is 14.0 Å². The Hall–Kier alpha value is -1.63. The minimum atomic E-state index is -0.399. The van der Waals surface area contributed by atoms with E-state index in [-0.39, 0.29) is 11.9 Å². The molecule has 0 bridgehead atoms. The molecule has 1 rings (SSSR count). The van der Waals surface area contributed by atoms with Crippen LogP contribution in [0, 0.1) is 0 Å². The van der Waals surface area contributed by atoms with E-state index in [0.717, 1.165) is 6.42 Å². The third-order valence-corrected chi connectivity index (χ3v) is 2.08. The second-order valence-electron chi connectivity index (χ2n) is 3.69. The molecule has 0 saturated carbocycles. The van der Waals surface area contributed by atoms with Gasteiger partial charge in [0.15, 0.2) is 0 Å². The van der Waals surface area contributed by atoms with Crippen LogP contribution in [0.3, 0.4) is 0 Å². The van der Waals surface area contributed by atoms with Gasteiger partial charge in [-0.25, -0.2) is 0 Å². The van der Waals surface area contributed by atoms with E-state index in [1.165, 1.54) is 0 Å². The highest BCUT2D eigenvalue weighted by atomic mass is 16.4. The Bertz CT molecular complexity index is 352. The van der Waals surface area contributed by atoms with Crippen LogP contribution in [-0.2, 0) is 11.3 Å². The Labute approximate surface area is 100 Å². The summed E-state index contributed by atoms with van der Waals surface area (Å²) in [6.07, 6.45) is 0.908. The Morgan fingerprint density at radius 1 is 1.47 bits per heavy atom. The fourth-order valence-corrected chi connectivity index (χ4v) is 1.19. The van der Waals surface area contributed by atoms with Gasteiger partial charge >= 0.3 is 6.01 Å². The molecule has 1 aromatic rings. The topological polar surface area (TPSA) is 92.1 Å². The molecule has 3 N–H and O–H groups in total. The molecule has 0 aliphatic heterocycles. The van der Waals surface area contributed by atoms with Gasteiger partial charge in [-0.1, -0.05) is 12.0 Å². The summed E-state index contributed by atoms with van der Waals surface area (Å²) >= 11 is 0. The standard InChI is InChI=1S/C10H19N5O2/c1-4-5-12-9(16)7(2)13-10-15-14-8(17-10)6-11-3/h7,11H,4-6H2,1-3H3,(H,12,16)(H,13,15). The summed E-state index contributed by atoms with van der Waals surface area (Å²) in [5, 5.41) is 16.1. The highest BCUT2D eigenvalue weighted by Crippen LogP contribution is 2.06. The molecule has 0 saturated heterocycles. The molecule has 1 heterocycles. The van der Waals surface area contributed by atoms with Crippen LogP contribution in [0.1, 0.15) is 26.2 Å². The first-order valence-electron chi connectivity index (χ1n) is 5.68. The summed E-state index contributed by atoms with van der Waals surface area (Å²) in [5.41, 5.74) is 0. The average Bonchev–Trinajstić information content (AvgIpc) is 2.74. The van der Waals surface area contributed by atoms with E-state index in [4.69, 9.17) is 4.42 Å². The van der Waals surface area contributed by atoms with E-state index in [1.807, 2.05) is 6.92 Å². The molecule has 0 aromatic carbocycles. The molecule has 1 atom stereocenters. The summed E-state index contributed by atoms with van der Waals surface area (Å²) in [5.74, 6) is 0.399. The van der Waals surface area contributed by atoms with E-state index >= 15 is 0 Å². The molecule has 0 aliphatic rings. The highest BCUT2D eigenvalue weighted by Gasteiger charge is 2.14. The van der Waals surface area contributed by atoms with Crippen molar-refractivity contribution in [3.8, 4) is 0 Å². The molecule has 1 amide bonds. The quantitative estimate of drug-likeness (QED) is 0.628. The fraction of sp³-hybridized carbons (Fsp3) is 0.700. The van der Waals surface area contributed by atoms with Crippen molar-refractivity contribution in [2.24, 2.45) is 0 Å². The second-order valence-corrected chi connectivity index (χ2v) is 3.69. The van der Waals surface area contributed by atoms with Crippen LogP contribution in [0.25, 0.3) is 0 Å². The van der Waals surface area contributed by atoms with Gasteiger partial charge in [-0.05, 0) is 20.4 Å². The molecular weight excluding hydrogens is 222 g/mol. The Morgan fingerprint density at radius 2 is 2.24 bits per heavy atom. The summed E-state index contributed by atoms with van der Waals surface area (Å²) in [6.45, 7) is 4.91. The lowest BCUT2D eigenvalue weighted by molar-refractivity contribution is -0.121. The number of nitrogens with one attached hydrogen (secondary N) is 3. The maximum absolute atomic E-state index is 11.6. The van der Waals surface area contributed by atoms with Crippen molar-refractivity contribution in [1.29, 1.82) is 0 Å². The van der Waals surface area contributed by atoms with Crippen LogP contribution < -0.4 is 16.0 Å². The van der Waals surface area contributed by atoms with Gasteiger partial charge in [-0.15, -0.1) is 5.10 Å². The number of carbonyl (C=O) groups excluding carboxylic acids is 1. The van der Waals surface area contributed by atoms with Crippen molar-refractivity contribution in [3.63, 3.8) is 0 Å². The van der Waals surface area contributed by atoms with Gasteiger partial charge in [0, 0.05) is 6.54 Å². The van der Waals surface area contributed by atoms with Crippen molar-refractivity contribution < 1.29 is 9.21 Å². The zero-order valence-electron chi connectivity index (χ0n) is 10.4. The van der Waals surface area contributed by atoms with Crippen molar-refractivity contribution in [2.75, 3.05) is 18.9 Å². The first-order chi connectivity index (χ1) is 8.17. The summed E-state index contributed by atoms with van der Waals surface area (Å²) in [4.78, 5) is 11.6. The number of anilines is 1. The Morgan fingerprint density at radius 3 is 2.88 bits per heavy atom. The number of hydrogen-bond donors (Lipinski definition) is 3. The number of hydrogen-bond acceptors (Lipinski definition) is 6. The van der Waals surface area contributed by atoms with Crippen molar-refractivity contribution in [1.82, 2.24) is 20.8 Å². The summed E-state index contributed by atoms with van der Waals surface area (Å²) in [6, 6.07) is -0.140. The predicted octanol–water partition coefficient (Wildman–Crippen LogP) is 0.116. The van der Waals surface area contributed by atoms with E-state index in [2.05, 4.69) is 26.1 Å². The summed E-state index contributed by atoms with van der Waals surface area (Å²) < 4.78 is 5.27. The molecule has 1 aromatic heterocycles. The van der Waals surface area contributed by atoms with E-state index in [9.17, 15) is 4.79 Å². The van der Waals surface area contributed by atoms with Crippen LogP contribution in [0.5, 0.6) is 0 Å². The zero-order valence-corrected chi connectivity index (χ0v) is 10.4. The molecule has 1 unspecified atom stereocenters. The zero-order chi connectivity index (χ0) is 12.7. The van der Waals surface area contributed by atoms with Crippen LogP contribution in [-0.4, -0.2) is 35.7 Å². The third kappa shape index (κ3) is 4.39. The molecule has 0 fully saturated rings. The summed E-state index contributed by atoms with van der Waals surface area (Å²) in [7, 11) is 1.79. The molecule has 0 aliphatic carbocycles. The number of amides is 1. The van der Waals surface area contributed by atoms with Gasteiger partial charge in [-0.3, -0.25) is 4.79 Å². The van der Waals surface area contributed by atoms with Gasteiger partial charge in [0.25, 0.3) is 0 Å². The Balaban J connectivity index is 2.43. The van der Waals surface area contributed by atoms with Crippen molar-refractivity contribution in [3.05, 3.63) is 5.89 Å². The van der Waals surface area contributed by atoms with Gasteiger partial charge in [-0.2, -0.15) is 0 Å². The minimum Gasteiger partial charge on any atom is -0.407 e. The van der Waals surface area contributed by atoms with Crippen LogP contribution in [0.15, 0.2) is 4.42 Å². The molecular formula is C10H19N5O2. The molecule has 7 heteroatoms. The maximum Gasteiger partial charge on any atom is 0.316 e. The monoisotopic (exact) mass is 241 g/mol. The van der Waals surface area contributed by atoms with Gasteiger partial charge in [0.2, 0.25) is 11.8 Å². The second kappa shape index (κ2) is 6.85. The van der Waals surface area contributed by atoms with E-state index < -0.39 is 6.04 Å². The normalized spacial score (nSPS) is 12.2. The number of nitrogens with zero attached hydrogens (tertiary/aromatic N) is 2. The SMILES string of the molecule is CCCNC(=O)C(C)Nc1nnc(CNC)o1. The lowest BCUT2D eigenvalue weighted by Gasteiger charge is -2.11. The number of carbonyl (C=O) groups is 1. The van der Waals surface area contributed by atoms with Gasteiger partial charge < -0.3 is 20.4 Å². The number of aromatic nitrogens is 2. The van der Waals surface area contributed by atoms with E-state index in [0.29, 0.717) is 19.0 Å². The van der Waals surface area contributed by atoms with Gasteiger partial charge in [0.05, 0.1) is 6.54 Å². The van der Waals surface area contributed by atoms with Gasteiger partial charge in [0.1, 0.15) is 6.04 Å². The highest BCUT2D eigenvalue weighted by molar-refractivity contribution is 5.83. The van der Waals surface area contributed by atoms with Crippen molar-refractivity contribution in [2.45, 2.75) is 32.9 Å². The van der Waals surface area contributed by atoms with Crippen molar-refractivity contribution >= 4 is 11.9 Å². The molecule has 96 valence electrons. The predicted molar refractivity (Wildman–Crippen MR) is 63.4 cm³/mol.